The molecule has 0 aliphatic heterocycles. The molecule has 3 nitrogen and oxygen atoms in total. The maximum Gasteiger partial charge on any atom is 1.00 e. The maximum absolute atomic E-state index is 10.4. The smallest absolute Gasteiger partial charge is 0.663 e. The van der Waals surface area contributed by atoms with E-state index in [0.717, 1.165) is 0 Å². The molecule has 1 aromatic carbocycles. The van der Waals surface area contributed by atoms with Gasteiger partial charge in [-0.25, -0.2) is 0 Å². The number of para-hydroxylation sites is 1. The van der Waals surface area contributed by atoms with E-state index >= 15 is 0 Å². The van der Waals surface area contributed by atoms with Gasteiger partial charge < -0.3 is 15.6 Å². The summed E-state index contributed by atoms with van der Waals surface area (Å²) in [5, 5.41) is 8.94. The van der Waals surface area contributed by atoms with Gasteiger partial charge in [0, 0.05) is 5.56 Å². The van der Waals surface area contributed by atoms with Crippen molar-refractivity contribution in [2.75, 3.05) is 0 Å². The summed E-state index contributed by atoms with van der Waals surface area (Å²) < 4.78 is 0. The molecular formula is C7H6NNaO2. The van der Waals surface area contributed by atoms with Gasteiger partial charge in [-0.05, 0) is 12.1 Å². The van der Waals surface area contributed by atoms with Crippen LogP contribution in [0.2, 0.25) is 0 Å². The first-order valence-corrected chi connectivity index (χ1v) is 2.76. The predicted molar refractivity (Wildman–Crippen MR) is 36.8 cm³/mol. The zero-order chi connectivity index (χ0) is 7.56. The van der Waals surface area contributed by atoms with Crippen LogP contribution < -0.4 is 29.6 Å². The van der Waals surface area contributed by atoms with Gasteiger partial charge in [-0.15, -0.1) is 0 Å². The molecule has 1 amide bonds. The number of carbonyl (C=O) groups is 1. The van der Waals surface area contributed by atoms with Gasteiger partial charge >= 0.3 is 29.6 Å². The normalized spacial score (nSPS) is 8.36. The van der Waals surface area contributed by atoms with Crippen molar-refractivity contribution in [2.24, 2.45) is 0 Å². The third-order valence-corrected chi connectivity index (χ3v) is 1.15. The number of hydrogen-bond acceptors (Lipinski definition) is 2. The summed E-state index contributed by atoms with van der Waals surface area (Å²) >= 11 is 0. The summed E-state index contributed by atoms with van der Waals surface area (Å²) in [6.45, 7) is 0. The molecule has 1 rings (SSSR count). The quantitative estimate of drug-likeness (QED) is 0.511. The van der Waals surface area contributed by atoms with Crippen LogP contribution >= 0.6 is 0 Å². The minimum absolute atomic E-state index is 0. The zero-order valence-corrected chi connectivity index (χ0v) is 8.16. The molecule has 0 unspecified atom stereocenters. The van der Waals surface area contributed by atoms with Gasteiger partial charge in [-0.2, -0.15) is 0 Å². The Balaban J connectivity index is 0.000001000. The van der Waals surface area contributed by atoms with Gasteiger partial charge in [-0.1, -0.05) is 12.1 Å². The second kappa shape index (κ2) is 4.38. The van der Waals surface area contributed by atoms with Crippen molar-refractivity contribution in [3.63, 3.8) is 0 Å². The first kappa shape index (κ1) is 10.5. The second-order valence-corrected chi connectivity index (χ2v) is 1.85. The SMILES string of the molecule is [NH-]C(=O)c1ccccc1O.[Na+]. The van der Waals surface area contributed by atoms with E-state index in [4.69, 9.17) is 10.8 Å². The van der Waals surface area contributed by atoms with Crippen molar-refractivity contribution >= 4 is 5.91 Å². The van der Waals surface area contributed by atoms with Crippen LogP contribution in [0.3, 0.4) is 0 Å². The van der Waals surface area contributed by atoms with Crippen molar-refractivity contribution in [3.05, 3.63) is 35.6 Å². The molecule has 0 saturated carbocycles. The molecule has 0 spiro atoms. The van der Waals surface area contributed by atoms with E-state index in [2.05, 4.69) is 0 Å². The number of aromatic hydroxyl groups is 1. The predicted octanol–water partition coefficient (Wildman–Crippen LogP) is -1.41. The molecule has 0 heterocycles. The summed E-state index contributed by atoms with van der Waals surface area (Å²) in [5.74, 6) is -0.999. The van der Waals surface area contributed by atoms with Crippen molar-refractivity contribution in [1.82, 2.24) is 0 Å². The number of phenols is 1. The molecule has 0 aliphatic carbocycles. The number of nitrogens with one attached hydrogen (secondary N) is 1. The molecule has 0 aliphatic rings. The summed E-state index contributed by atoms with van der Waals surface area (Å²) in [4.78, 5) is 10.4. The Labute approximate surface area is 86.5 Å². The van der Waals surface area contributed by atoms with E-state index in [0.29, 0.717) is 0 Å². The maximum atomic E-state index is 10.4. The van der Waals surface area contributed by atoms with Crippen LogP contribution in [-0.2, 0) is 0 Å². The molecule has 0 fully saturated rings. The zero-order valence-electron chi connectivity index (χ0n) is 6.16. The molecule has 0 saturated heterocycles. The molecule has 0 radical (unpaired) electrons. The summed E-state index contributed by atoms with van der Waals surface area (Å²) in [7, 11) is 0. The van der Waals surface area contributed by atoms with Gasteiger partial charge in [0.05, 0.1) is 5.91 Å². The van der Waals surface area contributed by atoms with Gasteiger partial charge in [0.2, 0.25) is 0 Å². The van der Waals surface area contributed by atoms with E-state index in [1.165, 1.54) is 12.1 Å². The molecule has 2 N–H and O–H groups in total. The summed E-state index contributed by atoms with van der Waals surface area (Å²) in [5.41, 5.74) is 6.70. The molecule has 0 bridgehead atoms. The Morgan fingerprint density at radius 3 is 2.27 bits per heavy atom. The van der Waals surface area contributed by atoms with E-state index < -0.39 is 5.91 Å². The van der Waals surface area contributed by atoms with Crippen LogP contribution in [-0.4, -0.2) is 11.0 Å². The number of phenolic OH excluding ortho intramolecular Hbond substituents is 1. The number of benzene rings is 1. The Morgan fingerprint density at radius 1 is 1.36 bits per heavy atom. The monoisotopic (exact) mass is 159 g/mol. The largest absolute Gasteiger partial charge is 1.00 e. The first-order valence-electron chi connectivity index (χ1n) is 2.76. The number of carbonyl (C=O) groups excluding carboxylic acids is 1. The minimum Gasteiger partial charge on any atom is -0.663 e. The molecular weight excluding hydrogens is 153 g/mol. The van der Waals surface area contributed by atoms with Crippen LogP contribution in [0, 0.1) is 0 Å². The first-order chi connectivity index (χ1) is 4.72. The molecule has 0 aromatic heterocycles. The average molecular weight is 159 g/mol. The van der Waals surface area contributed by atoms with Gasteiger partial charge in [0.1, 0.15) is 5.75 Å². The van der Waals surface area contributed by atoms with E-state index in [1.54, 1.807) is 12.1 Å². The standard InChI is InChI=1S/C7H7NO2.Na/c8-7(10)5-3-1-2-4-6(5)9;/h1-4H,(H3,8,9,10);/q;+1/p-1. The molecule has 0 atom stereocenters. The van der Waals surface area contributed by atoms with E-state index in [1.807, 2.05) is 0 Å². The summed E-state index contributed by atoms with van der Waals surface area (Å²) in [6, 6.07) is 5.98. The van der Waals surface area contributed by atoms with Crippen LogP contribution in [0.1, 0.15) is 10.4 Å². The molecule has 52 valence electrons. The van der Waals surface area contributed by atoms with E-state index in [-0.39, 0.29) is 40.9 Å². The van der Waals surface area contributed by atoms with Gasteiger partial charge in [0.15, 0.2) is 0 Å². The Kier molecular flexibility index (Phi) is 4.18. The van der Waals surface area contributed by atoms with Gasteiger partial charge in [-0.3, -0.25) is 0 Å². The minimum atomic E-state index is -0.863. The number of hydrogen-bond donors (Lipinski definition) is 1. The average Bonchev–Trinajstić information content (AvgIpc) is 1.88. The number of rotatable bonds is 1. The van der Waals surface area contributed by atoms with Crippen molar-refractivity contribution in [2.45, 2.75) is 0 Å². The number of amides is 1. The summed E-state index contributed by atoms with van der Waals surface area (Å²) in [6.07, 6.45) is 0. The van der Waals surface area contributed by atoms with Crippen molar-refractivity contribution < 1.29 is 39.5 Å². The van der Waals surface area contributed by atoms with Gasteiger partial charge in [0.25, 0.3) is 0 Å². The van der Waals surface area contributed by atoms with Crippen LogP contribution in [0.5, 0.6) is 5.75 Å². The Bertz CT molecular complexity index is 262. The van der Waals surface area contributed by atoms with E-state index in [9.17, 15) is 4.79 Å². The fraction of sp³-hybridized carbons (Fsp3) is 0. The van der Waals surface area contributed by atoms with Crippen molar-refractivity contribution in [3.8, 4) is 5.75 Å². The second-order valence-electron chi connectivity index (χ2n) is 1.85. The Morgan fingerprint density at radius 2 is 1.91 bits per heavy atom. The fourth-order valence-electron chi connectivity index (χ4n) is 0.666. The topological polar surface area (TPSA) is 61.1 Å². The molecule has 4 heteroatoms. The van der Waals surface area contributed by atoms with Crippen LogP contribution in [0.25, 0.3) is 5.73 Å². The molecule has 1 aromatic rings. The third kappa shape index (κ3) is 2.54. The van der Waals surface area contributed by atoms with Crippen LogP contribution in [0.4, 0.5) is 0 Å². The molecule has 11 heavy (non-hydrogen) atoms. The fourth-order valence-corrected chi connectivity index (χ4v) is 0.666. The third-order valence-electron chi connectivity index (χ3n) is 1.15. The van der Waals surface area contributed by atoms with Crippen LogP contribution in [0.15, 0.2) is 24.3 Å². The van der Waals surface area contributed by atoms with Crippen molar-refractivity contribution in [1.29, 1.82) is 0 Å². The Hall–Kier alpha value is -0.510.